The van der Waals surface area contributed by atoms with Gasteiger partial charge >= 0.3 is 5.69 Å². The van der Waals surface area contributed by atoms with Gasteiger partial charge in [0.15, 0.2) is 0 Å². The fourth-order valence-corrected chi connectivity index (χ4v) is 2.16. The summed E-state index contributed by atoms with van der Waals surface area (Å²) < 4.78 is 6.89. The molecule has 1 aromatic rings. The number of aromatic amines is 1. The van der Waals surface area contributed by atoms with Crippen molar-refractivity contribution in [3.05, 3.63) is 30.6 Å². The predicted octanol–water partition coefficient (Wildman–Crippen LogP) is -1.22. The first-order chi connectivity index (χ1) is 8.02. The molecule has 1 fully saturated rings. The molecule has 1 aliphatic heterocycles. The summed E-state index contributed by atoms with van der Waals surface area (Å²) in [6, 6.07) is 0. The minimum absolute atomic E-state index is 0.202. The molecule has 2 heterocycles. The molecule has 1 unspecified atom stereocenters. The maximum absolute atomic E-state index is 11.6. The highest BCUT2D eigenvalue weighted by atomic mass is 127. The van der Waals surface area contributed by atoms with Gasteiger partial charge < -0.3 is 14.9 Å². The molecule has 1 saturated heterocycles. The number of ether oxygens (including phenoxy) is 1. The van der Waals surface area contributed by atoms with Crippen LogP contribution in [0.2, 0.25) is 0 Å². The summed E-state index contributed by atoms with van der Waals surface area (Å²) in [6.07, 6.45) is -0.607. The predicted molar refractivity (Wildman–Crippen MR) is 65.7 cm³/mol. The van der Waals surface area contributed by atoms with E-state index < -0.39 is 29.7 Å². The molecular weight excluding hydrogens is 343 g/mol. The second-order valence-corrected chi connectivity index (χ2v) is 4.92. The average molecular weight is 354 g/mol. The van der Waals surface area contributed by atoms with Crippen LogP contribution in [0, 0.1) is 3.57 Å². The lowest BCUT2D eigenvalue weighted by Crippen LogP contribution is -2.33. The van der Waals surface area contributed by atoms with Crippen molar-refractivity contribution in [2.45, 2.75) is 24.9 Å². The van der Waals surface area contributed by atoms with Crippen LogP contribution in [0.5, 0.6) is 0 Å². The van der Waals surface area contributed by atoms with E-state index in [1.165, 1.54) is 10.8 Å². The van der Waals surface area contributed by atoms with E-state index in [1.54, 1.807) is 22.6 Å². The number of aliphatic hydroxyl groups is 2. The fourth-order valence-electron chi connectivity index (χ4n) is 1.72. The minimum atomic E-state index is -0.818. The Hall–Kier alpha value is -0.710. The van der Waals surface area contributed by atoms with Crippen molar-refractivity contribution < 1.29 is 14.9 Å². The Kier molecular flexibility index (Phi) is 3.66. The summed E-state index contributed by atoms with van der Waals surface area (Å²) >= 11 is 1.80. The monoisotopic (exact) mass is 354 g/mol. The lowest BCUT2D eigenvalue weighted by atomic mass is 10.2. The molecule has 7 nitrogen and oxygen atoms in total. The smallest absolute Gasteiger partial charge is 0.330 e. The van der Waals surface area contributed by atoms with Crippen LogP contribution in [0.3, 0.4) is 0 Å². The van der Waals surface area contributed by atoms with Gasteiger partial charge in [-0.1, -0.05) is 0 Å². The van der Waals surface area contributed by atoms with Gasteiger partial charge in [-0.3, -0.25) is 14.3 Å². The van der Waals surface area contributed by atoms with Crippen molar-refractivity contribution in [2.75, 3.05) is 6.61 Å². The van der Waals surface area contributed by atoms with Crippen molar-refractivity contribution in [3.63, 3.8) is 0 Å². The Morgan fingerprint density at radius 2 is 2.29 bits per heavy atom. The highest BCUT2D eigenvalue weighted by Gasteiger charge is 2.34. The van der Waals surface area contributed by atoms with Crippen molar-refractivity contribution >= 4 is 22.6 Å². The summed E-state index contributed by atoms with van der Waals surface area (Å²) in [5.41, 5.74) is -1.05. The van der Waals surface area contributed by atoms with Crippen LogP contribution in [-0.4, -0.2) is 38.6 Å². The first kappa shape index (κ1) is 12.7. The Balaban J connectivity index is 2.34. The Morgan fingerprint density at radius 3 is 2.88 bits per heavy atom. The Bertz CT molecular complexity index is 525. The Morgan fingerprint density at radius 1 is 1.59 bits per heavy atom. The highest BCUT2D eigenvalue weighted by Crippen LogP contribution is 2.27. The molecule has 3 N–H and O–H groups in total. The van der Waals surface area contributed by atoms with Gasteiger partial charge in [0.25, 0.3) is 5.56 Å². The number of aromatic nitrogens is 2. The number of aliphatic hydroxyl groups excluding tert-OH is 2. The fraction of sp³-hybridized carbons (Fsp3) is 0.556. The van der Waals surface area contributed by atoms with E-state index in [2.05, 4.69) is 4.98 Å². The zero-order valence-corrected chi connectivity index (χ0v) is 10.8. The molecule has 0 saturated carbocycles. The molecule has 0 aromatic carbocycles. The van der Waals surface area contributed by atoms with Crippen LogP contribution in [0.15, 0.2) is 15.8 Å². The van der Waals surface area contributed by atoms with Crippen LogP contribution in [-0.2, 0) is 4.74 Å². The third kappa shape index (κ3) is 2.44. The maximum atomic E-state index is 11.6. The number of nitrogens with zero attached hydrogens (tertiary/aromatic N) is 1. The third-order valence-electron chi connectivity index (χ3n) is 2.62. The normalized spacial score (nSPS) is 28.5. The molecule has 94 valence electrons. The number of H-pyrrole nitrogens is 1. The molecule has 0 amide bonds. The third-order valence-corrected chi connectivity index (χ3v) is 3.39. The molecule has 0 spiro atoms. The largest absolute Gasteiger partial charge is 0.394 e. The van der Waals surface area contributed by atoms with E-state index in [4.69, 9.17) is 9.84 Å². The molecule has 3 atom stereocenters. The number of hydrogen-bond donors (Lipinski definition) is 3. The van der Waals surface area contributed by atoms with Gasteiger partial charge in [-0.2, -0.15) is 0 Å². The molecular formula is C9H11IN2O5. The van der Waals surface area contributed by atoms with Crippen LogP contribution in [0.1, 0.15) is 12.6 Å². The lowest BCUT2D eigenvalue weighted by Gasteiger charge is -2.14. The molecule has 0 bridgehead atoms. The van der Waals surface area contributed by atoms with Crippen molar-refractivity contribution in [2.24, 2.45) is 0 Å². The number of rotatable bonds is 2. The van der Waals surface area contributed by atoms with E-state index in [-0.39, 0.29) is 13.0 Å². The summed E-state index contributed by atoms with van der Waals surface area (Å²) in [5.74, 6) is 0. The van der Waals surface area contributed by atoms with E-state index in [1.807, 2.05) is 0 Å². The summed E-state index contributed by atoms with van der Waals surface area (Å²) in [6.45, 7) is -0.313. The zero-order chi connectivity index (χ0) is 12.6. The average Bonchev–Trinajstić information content (AvgIpc) is 2.65. The minimum Gasteiger partial charge on any atom is -0.394 e. The van der Waals surface area contributed by atoms with Crippen molar-refractivity contribution in [1.82, 2.24) is 9.55 Å². The van der Waals surface area contributed by atoms with Crippen molar-refractivity contribution in [1.29, 1.82) is 0 Å². The van der Waals surface area contributed by atoms with E-state index in [0.717, 1.165) is 0 Å². The van der Waals surface area contributed by atoms with E-state index in [9.17, 15) is 14.7 Å². The molecule has 2 rings (SSSR count). The lowest BCUT2D eigenvalue weighted by molar-refractivity contribution is -0.0459. The number of halogens is 1. The van der Waals surface area contributed by atoms with E-state index in [0.29, 0.717) is 3.57 Å². The molecule has 17 heavy (non-hydrogen) atoms. The standard InChI is InChI=1S/C9H11IN2O5/c10-4-2-12(9(16)11-8(4)15)7-1-5(14)6(3-13)17-7/h2,5-7,13-14H,1,3H2,(H,11,15,16)/t5-,6+,7?/m1/s1. The maximum Gasteiger partial charge on any atom is 0.330 e. The topological polar surface area (TPSA) is 105 Å². The molecule has 0 aliphatic carbocycles. The summed E-state index contributed by atoms with van der Waals surface area (Å²) in [5, 5.41) is 18.5. The van der Waals surface area contributed by atoms with Gasteiger partial charge in [-0.25, -0.2) is 4.79 Å². The second kappa shape index (κ2) is 4.88. The first-order valence-corrected chi connectivity index (χ1v) is 6.06. The SMILES string of the molecule is O=c1[nH]c(=O)n(C2C[C@@H](O)[C@H](CO)O2)cc1I. The molecule has 1 aromatic heterocycles. The first-order valence-electron chi connectivity index (χ1n) is 4.98. The second-order valence-electron chi connectivity index (χ2n) is 3.76. The van der Waals surface area contributed by atoms with E-state index >= 15 is 0 Å². The van der Waals surface area contributed by atoms with Gasteiger partial charge in [0.2, 0.25) is 0 Å². The quantitative estimate of drug-likeness (QED) is 0.578. The summed E-state index contributed by atoms with van der Waals surface area (Å²) in [4.78, 5) is 24.9. The zero-order valence-electron chi connectivity index (χ0n) is 8.67. The van der Waals surface area contributed by atoms with Crippen molar-refractivity contribution in [3.8, 4) is 0 Å². The molecule has 1 aliphatic rings. The van der Waals surface area contributed by atoms with Gasteiger partial charge in [-0.05, 0) is 22.6 Å². The highest BCUT2D eigenvalue weighted by molar-refractivity contribution is 14.1. The van der Waals surface area contributed by atoms with Crippen LogP contribution >= 0.6 is 22.6 Å². The van der Waals surface area contributed by atoms with Gasteiger partial charge in [-0.15, -0.1) is 0 Å². The molecule has 8 heteroatoms. The van der Waals surface area contributed by atoms with Crippen LogP contribution in [0.4, 0.5) is 0 Å². The Labute approximate surface area is 109 Å². The number of nitrogens with one attached hydrogen (secondary N) is 1. The van der Waals surface area contributed by atoms with Gasteiger partial charge in [0.1, 0.15) is 12.3 Å². The van der Waals surface area contributed by atoms with Gasteiger partial charge in [0.05, 0.1) is 16.3 Å². The number of hydrogen-bond acceptors (Lipinski definition) is 5. The molecule has 0 radical (unpaired) electrons. The van der Waals surface area contributed by atoms with Crippen LogP contribution < -0.4 is 11.2 Å². The van der Waals surface area contributed by atoms with Gasteiger partial charge in [0, 0.05) is 12.6 Å². The summed E-state index contributed by atoms with van der Waals surface area (Å²) in [7, 11) is 0. The van der Waals surface area contributed by atoms with Crippen LogP contribution in [0.25, 0.3) is 0 Å².